The first-order valence-corrected chi connectivity index (χ1v) is 4.35. The van der Waals surface area contributed by atoms with E-state index in [2.05, 4.69) is 0 Å². The molecule has 0 unspecified atom stereocenters. The monoisotopic (exact) mass is 142 g/mol. The van der Waals surface area contributed by atoms with E-state index in [-0.39, 0.29) is 12.0 Å². The first-order valence-electron chi connectivity index (χ1n) is 1.78. The van der Waals surface area contributed by atoms with Gasteiger partial charge in [0.1, 0.15) is 0 Å². The molecule has 0 atom stereocenters. The Bertz CT molecular complexity index is 89.7. The number of hydrogen-bond acceptors (Lipinski definition) is 1. The fraction of sp³-hybridized carbons (Fsp3) is 1.00. The first kappa shape index (κ1) is 7.44. The van der Waals surface area contributed by atoms with Crippen molar-refractivity contribution in [1.29, 1.82) is 0 Å². The van der Waals surface area contributed by atoms with Crippen molar-refractivity contribution in [2.75, 3.05) is 12.0 Å². The van der Waals surface area contributed by atoms with Crippen LogP contribution in [-0.4, -0.2) is 12.0 Å². The number of nitrogens with two attached hydrogens (primary N) is 2. The Morgan fingerprint density at radius 3 is 2.00 bits per heavy atom. The summed E-state index contributed by atoms with van der Waals surface area (Å²) in [5, 5.41) is 0. The van der Waals surface area contributed by atoms with Gasteiger partial charge in [0.25, 0.3) is 0 Å². The molecule has 0 aromatic carbocycles. The van der Waals surface area contributed by atoms with Crippen molar-refractivity contribution in [3.63, 3.8) is 0 Å². The van der Waals surface area contributed by atoms with Gasteiger partial charge in [-0.25, -0.2) is 0 Å². The third-order valence-corrected chi connectivity index (χ3v) is 1.81. The van der Waals surface area contributed by atoms with Crippen LogP contribution in [0.25, 0.3) is 0 Å². The van der Waals surface area contributed by atoms with Crippen molar-refractivity contribution in [1.82, 2.24) is 0 Å². The van der Waals surface area contributed by atoms with E-state index < -0.39 is 7.44 Å². The summed E-state index contributed by atoms with van der Waals surface area (Å²) in [6, 6.07) is 0. The highest BCUT2D eigenvalue weighted by Gasteiger charge is 2.04. The minimum atomic E-state index is -2.80. The summed E-state index contributed by atoms with van der Waals surface area (Å²) >= 11 is 5.15. The molecular formula is C2H8ClN2OP. The molecule has 4 N–H and O–H groups in total. The number of hydrogen-bond donors (Lipinski definition) is 2. The Labute approximate surface area is 47.5 Å². The maximum atomic E-state index is 10.3. The molecule has 0 spiro atoms. The van der Waals surface area contributed by atoms with E-state index in [0.717, 1.165) is 0 Å². The normalized spacial score (nSPS) is 11.9. The van der Waals surface area contributed by atoms with Crippen molar-refractivity contribution in [2.45, 2.75) is 0 Å². The molecule has 0 aliphatic heterocycles. The Balaban J connectivity index is 3.36. The van der Waals surface area contributed by atoms with Gasteiger partial charge in [0.05, 0.1) is 0 Å². The van der Waals surface area contributed by atoms with Crippen LogP contribution in [-0.2, 0) is 4.57 Å². The molecule has 0 aromatic heterocycles. The molecule has 0 aromatic rings. The van der Waals surface area contributed by atoms with Gasteiger partial charge in [-0.1, -0.05) is 0 Å². The van der Waals surface area contributed by atoms with Crippen molar-refractivity contribution < 1.29 is 4.57 Å². The minimum Gasteiger partial charge on any atom is -0.290 e. The molecule has 0 radical (unpaired) electrons. The van der Waals surface area contributed by atoms with Crippen molar-refractivity contribution in [2.24, 2.45) is 11.0 Å². The standard InChI is InChI=1S/C2H8ClN2OP/c3-1-2-7(4,5)6/h1-2H2,(H4,4,5,6). The van der Waals surface area contributed by atoms with Crippen LogP contribution in [0.15, 0.2) is 0 Å². The van der Waals surface area contributed by atoms with Crippen LogP contribution < -0.4 is 11.0 Å². The van der Waals surface area contributed by atoms with Gasteiger partial charge in [0.2, 0.25) is 7.44 Å². The fourth-order valence-corrected chi connectivity index (χ4v) is 1.19. The number of halogens is 1. The molecule has 7 heavy (non-hydrogen) atoms. The SMILES string of the molecule is NP(N)(=O)CCCl. The molecule has 0 saturated heterocycles. The molecule has 0 bridgehead atoms. The lowest BCUT2D eigenvalue weighted by molar-refractivity contribution is 0.577. The maximum Gasteiger partial charge on any atom is 0.207 e. The highest BCUT2D eigenvalue weighted by atomic mass is 35.5. The summed E-state index contributed by atoms with van der Waals surface area (Å²) in [7, 11) is -2.80. The molecule has 0 heterocycles. The van der Waals surface area contributed by atoms with E-state index in [1.165, 1.54) is 0 Å². The van der Waals surface area contributed by atoms with Crippen LogP contribution in [0, 0.1) is 0 Å². The average molecular weight is 143 g/mol. The van der Waals surface area contributed by atoms with Crippen molar-refractivity contribution in [3.8, 4) is 0 Å². The smallest absolute Gasteiger partial charge is 0.207 e. The second-order valence-electron chi connectivity index (χ2n) is 1.27. The van der Waals surface area contributed by atoms with Crippen molar-refractivity contribution in [3.05, 3.63) is 0 Å². The van der Waals surface area contributed by atoms with Gasteiger partial charge >= 0.3 is 0 Å². The molecule has 3 nitrogen and oxygen atoms in total. The second-order valence-corrected chi connectivity index (χ2v) is 3.80. The fourth-order valence-electron chi connectivity index (χ4n) is 0.132. The molecule has 0 saturated carbocycles. The summed E-state index contributed by atoms with van der Waals surface area (Å²) in [4.78, 5) is 0. The highest BCUT2D eigenvalue weighted by Crippen LogP contribution is 2.23. The zero-order valence-corrected chi connectivity index (χ0v) is 5.45. The molecule has 0 aliphatic rings. The molecule has 0 rings (SSSR count). The van der Waals surface area contributed by atoms with Crippen molar-refractivity contribution >= 4 is 19.0 Å². The summed E-state index contributed by atoms with van der Waals surface area (Å²) in [5.41, 5.74) is 9.79. The average Bonchev–Trinajstić information content (AvgIpc) is 1.30. The highest BCUT2D eigenvalue weighted by molar-refractivity contribution is 7.59. The zero-order valence-electron chi connectivity index (χ0n) is 3.80. The maximum absolute atomic E-state index is 10.3. The van der Waals surface area contributed by atoms with Crippen LogP contribution in [0.5, 0.6) is 0 Å². The number of alkyl halides is 1. The van der Waals surface area contributed by atoms with Gasteiger partial charge in [-0.15, -0.1) is 11.6 Å². The van der Waals surface area contributed by atoms with Gasteiger partial charge < -0.3 is 0 Å². The van der Waals surface area contributed by atoms with Crippen LogP contribution in [0.2, 0.25) is 0 Å². The van der Waals surface area contributed by atoms with E-state index >= 15 is 0 Å². The molecular weight excluding hydrogens is 134 g/mol. The number of rotatable bonds is 2. The molecule has 44 valence electrons. The summed E-state index contributed by atoms with van der Waals surface area (Å²) in [5.74, 6) is 0.268. The van der Waals surface area contributed by atoms with Gasteiger partial charge in [-0.3, -0.25) is 15.6 Å². The Hall–Kier alpha value is 0.440. The van der Waals surface area contributed by atoms with E-state index in [0.29, 0.717) is 0 Å². The van der Waals surface area contributed by atoms with Gasteiger partial charge in [-0.2, -0.15) is 0 Å². The van der Waals surface area contributed by atoms with Gasteiger partial charge in [-0.05, 0) is 0 Å². The summed E-state index contributed by atoms with van der Waals surface area (Å²) in [6.45, 7) is 0. The molecule has 0 amide bonds. The van der Waals surface area contributed by atoms with Gasteiger partial charge in [0, 0.05) is 12.0 Å². The predicted octanol–water partition coefficient (Wildman–Crippen LogP) is 0.336. The lowest BCUT2D eigenvalue weighted by Crippen LogP contribution is -2.08. The van der Waals surface area contributed by atoms with E-state index in [1.54, 1.807) is 0 Å². The summed E-state index contributed by atoms with van der Waals surface area (Å²) < 4.78 is 10.3. The predicted molar refractivity (Wildman–Crippen MR) is 31.6 cm³/mol. The van der Waals surface area contributed by atoms with E-state index in [4.69, 9.17) is 22.6 Å². The lowest BCUT2D eigenvalue weighted by atomic mass is 11.0. The molecule has 5 heteroatoms. The minimum absolute atomic E-state index is 0.217. The lowest BCUT2D eigenvalue weighted by Gasteiger charge is -1.99. The van der Waals surface area contributed by atoms with E-state index in [1.807, 2.05) is 0 Å². The van der Waals surface area contributed by atoms with Gasteiger partial charge in [0.15, 0.2) is 0 Å². The Morgan fingerprint density at radius 1 is 1.57 bits per heavy atom. The van der Waals surface area contributed by atoms with Crippen LogP contribution in [0.1, 0.15) is 0 Å². The van der Waals surface area contributed by atoms with Crippen LogP contribution in [0.4, 0.5) is 0 Å². The third kappa shape index (κ3) is 6.44. The van der Waals surface area contributed by atoms with E-state index in [9.17, 15) is 4.57 Å². The quantitative estimate of drug-likeness (QED) is 0.431. The Kier molecular flexibility index (Phi) is 2.84. The second kappa shape index (κ2) is 2.68. The third-order valence-electron chi connectivity index (χ3n) is 0.434. The zero-order chi connectivity index (χ0) is 5.91. The first-order chi connectivity index (χ1) is 3.06. The Morgan fingerprint density at radius 2 is 2.00 bits per heavy atom. The topological polar surface area (TPSA) is 69.1 Å². The molecule has 0 fully saturated rings. The largest absolute Gasteiger partial charge is 0.290 e. The van der Waals surface area contributed by atoms with Crippen LogP contribution in [0.3, 0.4) is 0 Å². The molecule has 0 aliphatic carbocycles. The van der Waals surface area contributed by atoms with Crippen LogP contribution >= 0.6 is 19.0 Å². The summed E-state index contributed by atoms with van der Waals surface area (Å²) in [6.07, 6.45) is 0.217.